The number of aryl methyl sites for hydroxylation is 1. The third kappa shape index (κ3) is 2.74. The zero-order valence-electron chi connectivity index (χ0n) is 14.1. The highest BCUT2D eigenvalue weighted by atomic mass is 16.3. The van der Waals surface area contributed by atoms with Gasteiger partial charge in [-0.3, -0.25) is 9.79 Å². The van der Waals surface area contributed by atoms with Crippen molar-refractivity contribution < 1.29 is 9.90 Å². The van der Waals surface area contributed by atoms with Gasteiger partial charge in [0.25, 0.3) is 0 Å². The molecule has 3 aliphatic rings. The zero-order chi connectivity index (χ0) is 16.7. The number of benzene rings is 1. The van der Waals surface area contributed by atoms with E-state index in [1.54, 1.807) is 0 Å². The van der Waals surface area contributed by atoms with Crippen LogP contribution in [0.15, 0.2) is 40.6 Å². The Morgan fingerprint density at radius 3 is 2.79 bits per heavy atom. The molecule has 2 aliphatic carbocycles. The molecule has 0 saturated heterocycles. The lowest BCUT2D eigenvalue weighted by molar-refractivity contribution is -0.116. The van der Waals surface area contributed by atoms with Crippen molar-refractivity contribution in [3.8, 4) is 0 Å². The maximum atomic E-state index is 12.7. The summed E-state index contributed by atoms with van der Waals surface area (Å²) in [5.74, 6) is 0.903. The zero-order valence-corrected chi connectivity index (χ0v) is 14.1. The largest absolute Gasteiger partial charge is 0.511 e. The van der Waals surface area contributed by atoms with Crippen molar-refractivity contribution in [1.29, 1.82) is 0 Å². The van der Waals surface area contributed by atoms with Gasteiger partial charge in [-0.1, -0.05) is 42.7 Å². The summed E-state index contributed by atoms with van der Waals surface area (Å²) in [4.78, 5) is 17.4. The number of amidine groups is 1. The number of Topliss-reactive ketones (excluding diaryl/α,β-unsaturated/α-hetero) is 1. The van der Waals surface area contributed by atoms with E-state index in [9.17, 15) is 9.90 Å². The summed E-state index contributed by atoms with van der Waals surface area (Å²) in [5, 5.41) is 14.0. The van der Waals surface area contributed by atoms with E-state index in [4.69, 9.17) is 4.99 Å². The SMILES string of the molecule is Cc1cccc(C2CC(=O)C(C3=N[C@H]4CCCC[C@@H]4N3)=C(O)C2)c1. The first-order chi connectivity index (χ1) is 11.6. The predicted molar refractivity (Wildman–Crippen MR) is 94.4 cm³/mol. The van der Waals surface area contributed by atoms with E-state index < -0.39 is 0 Å². The molecule has 1 aliphatic heterocycles. The van der Waals surface area contributed by atoms with Gasteiger partial charge in [-0.25, -0.2) is 0 Å². The van der Waals surface area contributed by atoms with Crippen LogP contribution < -0.4 is 5.32 Å². The topological polar surface area (TPSA) is 61.7 Å². The number of nitrogens with zero attached hydrogens (tertiary/aromatic N) is 1. The smallest absolute Gasteiger partial charge is 0.170 e. The molecule has 0 bridgehead atoms. The van der Waals surface area contributed by atoms with Crippen LogP contribution in [0.1, 0.15) is 55.6 Å². The number of carbonyl (C=O) groups excluding carboxylic acids is 1. The fourth-order valence-corrected chi connectivity index (χ4v) is 4.27. The summed E-state index contributed by atoms with van der Waals surface area (Å²) >= 11 is 0. The van der Waals surface area contributed by atoms with Gasteiger partial charge in [0.1, 0.15) is 11.6 Å². The van der Waals surface area contributed by atoms with Crippen LogP contribution in [-0.4, -0.2) is 28.8 Å². The summed E-state index contributed by atoms with van der Waals surface area (Å²) in [7, 11) is 0. The maximum Gasteiger partial charge on any atom is 0.170 e. The summed E-state index contributed by atoms with van der Waals surface area (Å²) in [6, 6.07) is 8.83. The number of aliphatic hydroxyl groups is 1. The van der Waals surface area contributed by atoms with Crippen LogP contribution >= 0.6 is 0 Å². The van der Waals surface area contributed by atoms with Gasteiger partial charge in [-0.05, 0) is 31.2 Å². The number of nitrogens with one attached hydrogen (secondary N) is 1. The summed E-state index contributed by atoms with van der Waals surface area (Å²) in [6.07, 6.45) is 5.56. The van der Waals surface area contributed by atoms with Crippen LogP contribution in [0.5, 0.6) is 0 Å². The average molecular weight is 324 g/mol. The predicted octanol–water partition coefficient (Wildman–Crippen LogP) is 3.57. The Morgan fingerprint density at radius 2 is 2.04 bits per heavy atom. The molecule has 3 atom stereocenters. The average Bonchev–Trinajstić information content (AvgIpc) is 2.97. The second kappa shape index (κ2) is 6.08. The van der Waals surface area contributed by atoms with Gasteiger partial charge in [0.05, 0.1) is 11.6 Å². The quantitative estimate of drug-likeness (QED) is 0.874. The Kier molecular flexibility index (Phi) is 3.91. The van der Waals surface area contributed by atoms with Gasteiger partial charge in [-0.2, -0.15) is 0 Å². The van der Waals surface area contributed by atoms with E-state index >= 15 is 0 Å². The lowest BCUT2D eigenvalue weighted by atomic mass is 9.82. The van der Waals surface area contributed by atoms with Crippen LogP contribution in [0.3, 0.4) is 0 Å². The molecular weight excluding hydrogens is 300 g/mol. The van der Waals surface area contributed by atoms with Crippen LogP contribution in [0.2, 0.25) is 0 Å². The standard InChI is InChI=1S/C20H24N2O2/c1-12-5-4-6-13(9-12)14-10-17(23)19(18(24)11-14)20-21-15-7-2-3-8-16(15)22-20/h4-6,9,14-16,23H,2-3,7-8,10-11H2,1H3,(H,21,22)/t14?,15-,16-/m0/s1. The third-order valence-corrected chi connectivity index (χ3v) is 5.54. The van der Waals surface area contributed by atoms with Crippen molar-refractivity contribution in [2.24, 2.45) is 4.99 Å². The molecule has 1 fully saturated rings. The highest BCUT2D eigenvalue weighted by Gasteiger charge is 2.37. The van der Waals surface area contributed by atoms with Gasteiger partial charge in [0.15, 0.2) is 5.78 Å². The van der Waals surface area contributed by atoms with Gasteiger partial charge < -0.3 is 10.4 Å². The molecule has 4 heteroatoms. The van der Waals surface area contributed by atoms with Gasteiger partial charge >= 0.3 is 0 Å². The van der Waals surface area contributed by atoms with E-state index in [0.29, 0.717) is 30.3 Å². The number of aliphatic hydroxyl groups excluding tert-OH is 1. The fraction of sp³-hybridized carbons (Fsp3) is 0.500. The molecule has 1 heterocycles. The molecule has 4 rings (SSSR count). The molecule has 0 amide bonds. The molecule has 24 heavy (non-hydrogen) atoms. The highest BCUT2D eigenvalue weighted by Crippen LogP contribution is 2.35. The molecule has 126 valence electrons. The van der Waals surface area contributed by atoms with E-state index in [0.717, 1.165) is 18.4 Å². The number of allylic oxidation sites excluding steroid dienone is 1. The van der Waals surface area contributed by atoms with E-state index in [1.165, 1.54) is 18.4 Å². The first kappa shape index (κ1) is 15.4. The van der Waals surface area contributed by atoms with Gasteiger partial charge in [-0.15, -0.1) is 0 Å². The minimum absolute atomic E-state index is 0.00940. The second-order valence-electron chi connectivity index (χ2n) is 7.34. The fourth-order valence-electron chi connectivity index (χ4n) is 4.27. The Morgan fingerprint density at radius 1 is 1.21 bits per heavy atom. The number of rotatable bonds is 2. The normalized spacial score (nSPS) is 30.0. The van der Waals surface area contributed by atoms with Crippen LogP contribution in [0.4, 0.5) is 0 Å². The Bertz CT molecular complexity index is 735. The molecule has 1 aromatic rings. The monoisotopic (exact) mass is 324 g/mol. The minimum atomic E-state index is 0.00940. The summed E-state index contributed by atoms with van der Waals surface area (Å²) < 4.78 is 0. The minimum Gasteiger partial charge on any atom is -0.511 e. The van der Waals surface area contributed by atoms with Crippen molar-refractivity contribution in [1.82, 2.24) is 5.32 Å². The maximum absolute atomic E-state index is 12.7. The van der Waals surface area contributed by atoms with Crippen molar-refractivity contribution in [3.63, 3.8) is 0 Å². The molecule has 0 spiro atoms. The van der Waals surface area contributed by atoms with Gasteiger partial charge in [0, 0.05) is 18.9 Å². The van der Waals surface area contributed by atoms with Crippen LogP contribution in [0, 0.1) is 6.92 Å². The van der Waals surface area contributed by atoms with Crippen molar-refractivity contribution >= 4 is 11.6 Å². The molecule has 1 saturated carbocycles. The lowest BCUT2D eigenvalue weighted by Crippen LogP contribution is -2.39. The molecule has 1 aromatic carbocycles. The number of hydrogen-bond donors (Lipinski definition) is 2. The summed E-state index contributed by atoms with van der Waals surface area (Å²) in [5.41, 5.74) is 2.75. The van der Waals surface area contributed by atoms with Crippen molar-refractivity contribution in [2.45, 2.75) is 63.5 Å². The highest BCUT2D eigenvalue weighted by molar-refractivity contribution is 6.23. The number of ketones is 1. The first-order valence-corrected chi connectivity index (χ1v) is 8.98. The van der Waals surface area contributed by atoms with Crippen molar-refractivity contribution in [2.75, 3.05) is 0 Å². The van der Waals surface area contributed by atoms with Crippen LogP contribution in [0.25, 0.3) is 0 Å². The second-order valence-corrected chi connectivity index (χ2v) is 7.34. The van der Waals surface area contributed by atoms with E-state index in [2.05, 4.69) is 11.4 Å². The Labute approximate surface area is 142 Å². The number of carbonyl (C=O) groups is 1. The lowest BCUT2D eigenvalue weighted by Gasteiger charge is -2.25. The van der Waals surface area contributed by atoms with E-state index in [1.807, 2.05) is 25.1 Å². The molecular formula is C20H24N2O2. The number of fused-ring (bicyclic) bond motifs is 1. The molecule has 0 aromatic heterocycles. The molecule has 0 radical (unpaired) electrons. The number of aliphatic imine (C=N–C) groups is 1. The molecule has 4 nitrogen and oxygen atoms in total. The number of hydrogen-bond acceptors (Lipinski definition) is 4. The van der Waals surface area contributed by atoms with Crippen molar-refractivity contribution in [3.05, 3.63) is 46.7 Å². The summed E-state index contributed by atoms with van der Waals surface area (Å²) in [6.45, 7) is 2.05. The first-order valence-electron chi connectivity index (χ1n) is 8.98. The molecule has 2 N–H and O–H groups in total. The molecule has 1 unspecified atom stereocenters. The Hall–Kier alpha value is -2.10. The third-order valence-electron chi connectivity index (χ3n) is 5.54. The van der Waals surface area contributed by atoms with Crippen LogP contribution in [-0.2, 0) is 4.79 Å². The van der Waals surface area contributed by atoms with Gasteiger partial charge in [0.2, 0.25) is 0 Å². The Balaban J connectivity index is 1.59. The van der Waals surface area contributed by atoms with E-state index in [-0.39, 0.29) is 23.5 Å².